The summed E-state index contributed by atoms with van der Waals surface area (Å²) in [5, 5.41) is 7.50. The van der Waals surface area contributed by atoms with Gasteiger partial charge in [-0.25, -0.2) is 0 Å². The van der Waals surface area contributed by atoms with Gasteiger partial charge in [0.05, 0.1) is 0 Å². The van der Waals surface area contributed by atoms with Gasteiger partial charge in [0, 0.05) is 22.0 Å². The highest BCUT2D eigenvalue weighted by Gasteiger charge is 2.07. The normalized spacial score (nSPS) is 10.7. The van der Waals surface area contributed by atoms with Gasteiger partial charge in [-0.1, -0.05) is 12.1 Å². The van der Waals surface area contributed by atoms with Gasteiger partial charge in [-0.2, -0.15) is 11.3 Å². The van der Waals surface area contributed by atoms with Gasteiger partial charge in [-0.15, -0.1) is 0 Å². The van der Waals surface area contributed by atoms with Gasteiger partial charge in [0.15, 0.2) is 0 Å². The topological polar surface area (TPSA) is 12.0 Å². The first-order chi connectivity index (χ1) is 7.72. The molecule has 1 aromatic heterocycles. The summed E-state index contributed by atoms with van der Waals surface area (Å²) >= 11 is 5.32. The predicted octanol–water partition coefficient (Wildman–Crippen LogP) is 4.21. The first kappa shape index (κ1) is 11.8. The standard InChI is InChI=1S/C13H14BrNS/c1-9-3-4-10(6-15-2)5-11(9)12-7-16-8-13(12)14/h3-5,7-8,15H,6H2,1-2H3. The molecule has 2 rings (SSSR count). The van der Waals surface area contributed by atoms with Crippen LogP contribution in [0.4, 0.5) is 0 Å². The Morgan fingerprint density at radius 3 is 2.69 bits per heavy atom. The Morgan fingerprint density at radius 1 is 1.25 bits per heavy atom. The predicted molar refractivity (Wildman–Crippen MR) is 75.0 cm³/mol. The average molecular weight is 296 g/mol. The van der Waals surface area contributed by atoms with E-state index in [0.717, 1.165) is 6.54 Å². The van der Waals surface area contributed by atoms with Crippen molar-refractivity contribution >= 4 is 27.3 Å². The molecule has 0 aliphatic rings. The minimum atomic E-state index is 0.912. The second kappa shape index (κ2) is 5.13. The molecular weight excluding hydrogens is 282 g/mol. The molecule has 0 fully saturated rings. The van der Waals surface area contributed by atoms with E-state index in [9.17, 15) is 0 Å². The van der Waals surface area contributed by atoms with E-state index in [1.807, 2.05) is 7.05 Å². The molecule has 2 aromatic rings. The van der Waals surface area contributed by atoms with Crippen LogP contribution in [0.15, 0.2) is 33.4 Å². The molecule has 16 heavy (non-hydrogen) atoms. The fourth-order valence-electron chi connectivity index (χ4n) is 1.75. The number of hydrogen-bond donors (Lipinski definition) is 1. The zero-order valence-corrected chi connectivity index (χ0v) is 11.8. The summed E-state index contributed by atoms with van der Waals surface area (Å²) in [6.45, 7) is 3.07. The van der Waals surface area contributed by atoms with Crippen molar-refractivity contribution < 1.29 is 0 Å². The van der Waals surface area contributed by atoms with Crippen molar-refractivity contribution in [3.05, 3.63) is 44.6 Å². The summed E-state index contributed by atoms with van der Waals surface area (Å²) in [4.78, 5) is 0. The van der Waals surface area contributed by atoms with Crippen LogP contribution in [0.3, 0.4) is 0 Å². The summed E-state index contributed by atoms with van der Waals surface area (Å²) in [5.41, 5.74) is 5.25. The molecule has 0 aliphatic carbocycles. The number of rotatable bonds is 3. The molecule has 0 saturated heterocycles. The maximum Gasteiger partial charge on any atom is 0.0360 e. The lowest BCUT2D eigenvalue weighted by molar-refractivity contribution is 0.818. The zero-order valence-electron chi connectivity index (χ0n) is 9.38. The monoisotopic (exact) mass is 295 g/mol. The molecule has 0 radical (unpaired) electrons. The van der Waals surface area contributed by atoms with E-state index in [2.05, 4.69) is 57.1 Å². The molecule has 1 aromatic carbocycles. The Bertz CT molecular complexity index is 490. The minimum absolute atomic E-state index is 0.912. The highest BCUT2D eigenvalue weighted by atomic mass is 79.9. The van der Waals surface area contributed by atoms with Crippen LogP contribution in [0.25, 0.3) is 11.1 Å². The minimum Gasteiger partial charge on any atom is -0.316 e. The van der Waals surface area contributed by atoms with Crippen LogP contribution < -0.4 is 5.32 Å². The number of benzene rings is 1. The van der Waals surface area contributed by atoms with E-state index in [4.69, 9.17) is 0 Å². The van der Waals surface area contributed by atoms with Gasteiger partial charge in [0.2, 0.25) is 0 Å². The zero-order chi connectivity index (χ0) is 11.5. The number of thiophene rings is 1. The second-order valence-electron chi connectivity index (χ2n) is 3.81. The summed E-state index contributed by atoms with van der Waals surface area (Å²) in [5.74, 6) is 0. The quantitative estimate of drug-likeness (QED) is 0.895. The molecule has 0 saturated carbocycles. The molecule has 0 amide bonds. The molecule has 0 aliphatic heterocycles. The highest BCUT2D eigenvalue weighted by molar-refractivity contribution is 9.10. The van der Waals surface area contributed by atoms with Crippen molar-refractivity contribution in [2.75, 3.05) is 7.05 Å². The Kier molecular flexibility index (Phi) is 3.79. The lowest BCUT2D eigenvalue weighted by Crippen LogP contribution is -2.05. The van der Waals surface area contributed by atoms with Crippen LogP contribution in [0.1, 0.15) is 11.1 Å². The van der Waals surface area contributed by atoms with Crippen LogP contribution in [0.2, 0.25) is 0 Å². The smallest absolute Gasteiger partial charge is 0.0360 e. The van der Waals surface area contributed by atoms with E-state index in [1.165, 1.54) is 26.7 Å². The largest absolute Gasteiger partial charge is 0.316 e. The average Bonchev–Trinajstić information content (AvgIpc) is 2.68. The Hall–Kier alpha value is -0.640. The van der Waals surface area contributed by atoms with Crippen LogP contribution in [0, 0.1) is 6.92 Å². The van der Waals surface area contributed by atoms with Gasteiger partial charge >= 0.3 is 0 Å². The van der Waals surface area contributed by atoms with Crippen molar-refractivity contribution in [1.82, 2.24) is 5.32 Å². The maximum absolute atomic E-state index is 3.60. The lowest BCUT2D eigenvalue weighted by atomic mass is 10.0. The molecule has 0 unspecified atom stereocenters. The Balaban J connectivity index is 2.47. The van der Waals surface area contributed by atoms with Gasteiger partial charge < -0.3 is 5.32 Å². The summed E-state index contributed by atoms with van der Waals surface area (Å²) in [6, 6.07) is 6.63. The lowest BCUT2D eigenvalue weighted by Gasteiger charge is -2.08. The molecule has 3 heteroatoms. The van der Waals surface area contributed by atoms with Crippen molar-refractivity contribution in [2.45, 2.75) is 13.5 Å². The van der Waals surface area contributed by atoms with Crippen LogP contribution in [-0.2, 0) is 6.54 Å². The van der Waals surface area contributed by atoms with Crippen LogP contribution >= 0.6 is 27.3 Å². The van der Waals surface area contributed by atoms with Gasteiger partial charge in [-0.05, 0) is 58.0 Å². The molecule has 0 atom stereocenters. The number of aryl methyl sites for hydroxylation is 1. The van der Waals surface area contributed by atoms with Crippen LogP contribution in [0.5, 0.6) is 0 Å². The first-order valence-corrected chi connectivity index (χ1v) is 6.92. The van der Waals surface area contributed by atoms with E-state index < -0.39 is 0 Å². The molecular formula is C13H14BrNS. The van der Waals surface area contributed by atoms with Crippen molar-refractivity contribution in [1.29, 1.82) is 0 Å². The van der Waals surface area contributed by atoms with E-state index in [0.29, 0.717) is 0 Å². The summed E-state index contributed by atoms with van der Waals surface area (Å²) in [7, 11) is 1.97. The number of nitrogens with one attached hydrogen (secondary N) is 1. The van der Waals surface area contributed by atoms with Gasteiger partial charge in [0.1, 0.15) is 0 Å². The molecule has 1 nitrogen and oxygen atoms in total. The fraction of sp³-hybridized carbons (Fsp3) is 0.231. The van der Waals surface area contributed by atoms with Crippen molar-refractivity contribution in [3.8, 4) is 11.1 Å². The second-order valence-corrected chi connectivity index (χ2v) is 5.41. The molecule has 0 bridgehead atoms. The van der Waals surface area contributed by atoms with E-state index in [1.54, 1.807) is 11.3 Å². The Labute approximate surface area is 109 Å². The van der Waals surface area contributed by atoms with Crippen molar-refractivity contribution in [3.63, 3.8) is 0 Å². The third kappa shape index (κ3) is 2.37. The van der Waals surface area contributed by atoms with Gasteiger partial charge in [0.25, 0.3) is 0 Å². The molecule has 1 N–H and O–H groups in total. The fourth-order valence-corrected chi connectivity index (χ4v) is 3.25. The van der Waals surface area contributed by atoms with E-state index >= 15 is 0 Å². The van der Waals surface area contributed by atoms with Gasteiger partial charge in [-0.3, -0.25) is 0 Å². The summed E-state index contributed by atoms with van der Waals surface area (Å²) in [6.07, 6.45) is 0. The first-order valence-electron chi connectivity index (χ1n) is 5.18. The number of halogens is 1. The Morgan fingerprint density at radius 2 is 2.06 bits per heavy atom. The third-order valence-electron chi connectivity index (χ3n) is 2.59. The SMILES string of the molecule is CNCc1ccc(C)c(-c2cscc2Br)c1. The summed E-state index contributed by atoms with van der Waals surface area (Å²) < 4.78 is 1.18. The maximum atomic E-state index is 3.60. The third-order valence-corrected chi connectivity index (χ3v) is 4.29. The highest BCUT2D eigenvalue weighted by Crippen LogP contribution is 2.34. The van der Waals surface area contributed by atoms with Crippen LogP contribution in [-0.4, -0.2) is 7.05 Å². The molecule has 1 heterocycles. The molecule has 84 valence electrons. The van der Waals surface area contributed by atoms with E-state index in [-0.39, 0.29) is 0 Å². The molecule has 0 spiro atoms. The number of hydrogen-bond acceptors (Lipinski definition) is 2. The van der Waals surface area contributed by atoms with Crippen molar-refractivity contribution in [2.24, 2.45) is 0 Å².